The Morgan fingerprint density at radius 2 is 1.88 bits per heavy atom. The standard InChI is InChI=1S/C8H20N6Si2/c1-2-3-4-5-6-8(16-14-12-10)7-15-13-11-9/h8H,2-7,15-16H2,1H3. The van der Waals surface area contributed by atoms with E-state index in [1.807, 2.05) is 0 Å². The van der Waals surface area contributed by atoms with Gasteiger partial charge in [0.2, 0.25) is 0 Å². The van der Waals surface area contributed by atoms with Gasteiger partial charge in [-0.2, -0.15) is 0 Å². The van der Waals surface area contributed by atoms with Crippen molar-refractivity contribution in [3.63, 3.8) is 0 Å². The van der Waals surface area contributed by atoms with E-state index >= 15 is 0 Å². The molecule has 0 fully saturated rings. The fraction of sp³-hybridized carbons (Fsp3) is 1.00. The molecule has 0 spiro atoms. The summed E-state index contributed by atoms with van der Waals surface area (Å²) in [4.78, 5) is 5.64. The predicted molar refractivity (Wildman–Crippen MR) is 72.7 cm³/mol. The minimum atomic E-state index is -0.677. The molecule has 1 unspecified atom stereocenters. The van der Waals surface area contributed by atoms with Crippen LogP contribution in [-0.2, 0) is 0 Å². The number of rotatable bonds is 10. The molecule has 0 radical (unpaired) electrons. The minimum Gasteiger partial charge on any atom is -0.132 e. The molecule has 0 aromatic heterocycles. The molecule has 6 nitrogen and oxygen atoms in total. The summed E-state index contributed by atoms with van der Waals surface area (Å²) >= 11 is 0. The Morgan fingerprint density at radius 3 is 2.50 bits per heavy atom. The van der Waals surface area contributed by atoms with Crippen LogP contribution in [0.15, 0.2) is 9.56 Å². The quantitative estimate of drug-likeness (QED) is 0.189. The van der Waals surface area contributed by atoms with Crippen molar-refractivity contribution in [3.05, 3.63) is 20.9 Å². The van der Waals surface area contributed by atoms with Crippen LogP contribution in [0.5, 0.6) is 0 Å². The first kappa shape index (κ1) is 15.1. The fourth-order valence-corrected chi connectivity index (χ4v) is 4.54. The van der Waals surface area contributed by atoms with Crippen LogP contribution in [0.25, 0.3) is 20.9 Å². The van der Waals surface area contributed by atoms with Crippen LogP contribution in [-0.4, -0.2) is 19.4 Å². The van der Waals surface area contributed by atoms with Crippen molar-refractivity contribution in [2.75, 3.05) is 0 Å². The van der Waals surface area contributed by atoms with Gasteiger partial charge < -0.3 is 0 Å². The highest BCUT2D eigenvalue weighted by Crippen LogP contribution is 2.20. The third-order valence-electron chi connectivity index (χ3n) is 2.57. The average Bonchev–Trinajstić information content (AvgIpc) is 2.31. The summed E-state index contributed by atoms with van der Waals surface area (Å²) in [6, 6.07) is 1.02. The van der Waals surface area contributed by atoms with E-state index in [4.69, 9.17) is 11.1 Å². The molecule has 0 heterocycles. The summed E-state index contributed by atoms with van der Waals surface area (Å²) in [5.74, 6) is 0. The van der Waals surface area contributed by atoms with E-state index in [1.165, 1.54) is 25.7 Å². The van der Waals surface area contributed by atoms with Crippen LogP contribution in [0.3, 0.4) is 0 Å². The van der Waals surface area contributed by atoms with Crippen LogP contribution >= 0.6 is 0 Å². The molecule has 0 bridgehead atoms. The highest BCUT2D eigenvalue weighted by Gasteiger charge is 2.07. The Kier molecular flexibility index (Phi) is 11.4. The van der Waals surface area contributed by atoms with E-state index in [9.17, 15) is 0 Å². The topological polar surface area (TPSA) is 97.5 Å². The van der Waals surface area contributed by atoms with Gasteiger partial charge in [-0.3, -0.25) is 0 Å². The fourth-order valence-electron chi connectivity index (χ4n) is 1.62. The van der Waals surface area contributed by atoms with Crippen LogP contribution in [0.1, 0.15) is 39.0 Å². The van der Waals surface area contributed by atoms with E-state index < -0.39 is 19.4 Å². The van der Waals surface area contributed by atoms with Crippen molar-refractivity contribution in [2.24, 2.45) is 9.56 Å². The zero-order chi connectivity index (χ0) is 12.1. The first-order valence-electron chi connectivity index (χ1n) is 5.86. The first-order valence-corrected chi connectivity index (χ1v) is 8.95. The van der Waals surface area contributed by atoms with Crippen molar-refractivity contribution in [2.45, 2.75) is 50.6 Å². The van der Waals surface area contributed by atoms with Crippen molar-refractivity contribution in [1.82, 2.24) is 0 Å². The molecule has 0 aliphatic carbocycles. The van der Waals surface area contributed by atoms with E-state index in [1.54, 1.807) is 0 Å². The van der Waals surface area contributed by atoms with Crippen molar-refractivity contribution in [3.8, 4) is 0 Å². The highest BCUT2D eigenvalue weighted by molar-refractivity contribution is 6.41. The predicted octanol–water partition coefficient (Wildman–Crippen LogP) is 2.95. The normalized spacial score (nSPS) is 12.8. The lowest BCUT2D eigenvalue weighted by atomic mass is 10.1. The van der Waals surface area contributed by atoms with E-state index in [2.05, 4.69) is 26.3 Å². The van der Waals surface area contributed by atoms with Crippen LogP contribution in [0.2, 0.25) is 11.6 Å². The molecule has 0 aromatic carbocycles. The van der Waals surface area contributed by atoms with Gasteiger partial charge >= 0.3 is 0 Å². The molecular formula is C8H20N6Si2. The first-order chi connectivity index (χ1) is 7.85. The van der Waals surface area contributed by atoms with E-state index in [-0.39, 0.29) is 0 Å². The van der Waals surface area contributed by atoms with Gasteiger partial charge in [0.1, 0.15) is 19.4 Å². The summed E-state index contributed by atoms with van der Waals surface area (Å²) in [5, 5.41) is 0. The lowest BCUT2D eigenvalue weighted by molar-refractivity contribution is 0.621. The van der Waals surface area contributed by atoms with Crippen LogP contribution < -0.4 is 0 Å². The summed E-state index contributed by atoms with van der Waals surface area (Å²) in [6.07, 6.45) is 6.16. The van der Waals surface area contributed by atoms with Gasteiger partial charge in [-0.15, -0.1) is 9.56 Å². The summed E-state index contributed by atoms with van der Waals surface area (Å²) in [6.45, 7) is 2.20. The Morgan fingerprint density at radius 1 is 1.12 bits per heavy atom. The molecule has 90 valence electrons. The number of hydrogen-bond donors (Lipinski definition) is 0. The van der Waals surface area contributed by atoms with Gasteiger partial charge in [0.25, 0.3) is 0 Å². The largest absolute Gasteiger partial charge is 0.132 e. The van der Waals surface area contributed by atoms with Gasteiger partial charge in [-0.25, -0.2) is 0 Å². The van der Waals surface area contributed by atoms with Crippen LogP contribution in [0.4, 0.5) is 0 Å². The van der Waals surface area contributed by atoms with Gasteiger partial charge in [0.15, 0.2) is 0 Å². The second-order valence-corrected chi connectivity index (χ2v) is 6.98. The Hall–Kier alpha value is -0.946. The zero-order valence-electron chi connectivity index (χ0n) is 9.92. The molecular weight excluding hydrogens is 236 g/mol. The molecule has 0 N–H and O–H groups in total. The molecule has 16 heavy (non-hydrogen) atoms. The SMILES string of the molecule is CCCCCCC(C[SiH2]N=[N+]=[N-])[SiH2]N=[N+]=[N-]. The van der Waals surface area contributed by atoms with E-state index in [0.29, 0.717) is 5.54 Å². The molecule has 0 saturated heterocycles. The maximum Gasteiger partial charge on any atom is 0.127 e. The molecule has 0 aliphatic heterocycles. The second-order valence-electron chi connectivity index (χ2n) is 3.87. The monoisotopic (exact) mass is 256 g/mol. The molecule has 1 atom stereocenters. The zero-order valence-corrected chi connectivity index (χ0v) is 12.7. The van der Waals surface area contributed by atoms with Gasteiger partial charge in [-0.1, -0.05) is 45.1 Å². The van der Waals surface area contributed by atoms with Crippen molar-refractivity contribution >= 4 is 19.4 Å². The van der Waals surface area contributed by atoms with Crippen molar-refractivity contribution < 1.29 is 0 Å². The second kappa shape index (κ2) is 12.1. The number of unbranched alkanes of at least 4 members (excludes halogenated alkanes) is 3. The molecule has 0 amide bonds. The molecule has 0 rings (SSSR count). The summed E-state index contributed by atoms with van der Waals surface area (Å²) in [5.41, 5.74) is 17.1. The third kappa shape index (κ3) is 9.60. The molecule has 0 aliphatic rings. The van der Waals surface area contributed by atoms with Crippen molar-refractivity contribution in [1.29, 1.82) is 0 Å². The Bertz CT molecular complexity index is 259. The maximum atomic E-state index is 8.32. The lowest BCUT2D eigenvalue weighted by Crippen LogP contribution is -2.03. The van der Waals surface area contributed by atoms with Crippen LogP contribution in [0, 0.1) is 0 Å². The van der Waals surface area contributed by atoms with Gasteiger partial charge in [0.05, 0.1) is 0 Å². The van der Waals surface area contributed by atoms with E-state index in [0.717, 1.165) is 12.5 Å². The molecule has 0 aromatic rings. The highest BCUT2D eigenvalue weighted by atomic mass is 28.2. The number of azide groups is 2. The molecule has 8 heteroatoms. The summed E-state index contributed by atoms with van der Waals surface area (Å²) < 4.78 is 7.43. The molecule has 0 saturated carbocycles. The smallest absolute Gasteiger partial charge is 0.127 e. The number of nitrogens with zero attached hydrogens (tertiary/aromatic N) is 6. The average molecular weight is 256 g/mol. The van der Waals surface area contributed by atoms with Gasteiger partial charge in [0, 0.05) is 0 Å². The Balaban J connectivity index is 3.79. The van der Waals surface area contributed by atoms with Gasteiger partial charge in [-0.05, 0) is 26.4 Å². The summed E-state index contributed by atoms with van der Waals surface area (Å²) in [7, 11) is -1.32. The minimum absolute atomic E-state index is 0.560. The lowest BCUT2D eigenvalue weighted by Gasteiger charge is -2.11. The maximum absolute atomic E-state index is 8.32. The third-order valence-corrected chi connectivity index (χ3v) is 6.41. The number of hydrogen-bond acceptors (Lipinski definition) is 2. The Labute approximate surface area is 101 Å².